The summed E-state index contributed by atoms with van der Waals surface area (Å²) < 4.78 is 25.8. The zero-order chi connectivity index (χ0) is 42.7. The van der Waals surface area contributed by atoms with Crippen molar-refractivity contribution in [2.24, 2.45) is 5.92 Å². The van der Waals surface area contributed by atoms with E-state index < -0.39 is 34.3 Å². The van der Waals surface area contributed by atoms with E-state index in [0.29, 0.717) is 57.4 Å². The predicted molar refractivity (Wildman–Crippen MR) is 228 cm³/mol. The Morgan fingerprint density at radius 2 is 1.75 bits per heavy atom. The maximum absolute atomic E-state index is 13.8. The van der Waals surface area contributed by atoms with Crippen LogP contribution in [-0.4, -0.2) is 69.5 Å². The highest BCUT2D eigenvalue weighted by Gasteiger charge is 2.31. The van der Waals surface area contributed by atoms with E-state index in [1.165, 1.54) is 14.6 Å². The molecule has 0 atom stereocenters. The van der Waals surface area contributed by atoms with Gasteiger partial charge >= 0.3 is 6.09 Å². The van der Waals surface area contributed by atoms with Crippen molar-refractivity contribution in [1.29, 1.82) is 0 Å². The van der Waals surface area contributed by atoms with Crippen molar-refractivity contribution in [1.82, 2.24) is 20.2 Å². The molecule has 0 bridgehead atoms. The molecule has 3 amide bonds. The number of nitrogens with zero attached hydrogens (tertiary/aromatic N) is 5. The van der Waals surface area contributed by atoms with Crippen molar-refractivity contribution >= 4 is 73.2 Å². The molecule has 3 aliphatic heterocycles. The second-order valence-corrected chi connectivity index (χ2v) is 17.3. The number of pyridine rings is 1. The number of piperidine rings is 2. The smallest absolute Gasteiger partial charge is 0.410 e. The zero-order valence-electron chi connectivity index (χ0n) is 34.1. The lowest BCUT2D eigenvalue weighted by Gasteiger charge is -2.32. The van der Waals surface area contributed by atoms with Crippen molar-refractivity contribution in [3.63, 3.8) is 0 Å². The molecule has 2 fully saturated rings. The Bertz CT molecular complexity index is 2440. The third kappa shape index (κ3) is 9.80. The quantitative estimate of drug-likeness (QED) is 0.107. The number of nitro benzene ring substituents is 1. The summed E-state index contributed by atoms with van der Waals surface area (Å²) in [4.78, 5) is 60.0. The number of likely N-dealkylation sites (tertiary alicyclic amines) is 1. The van der Waals surface area contributed by atoms with Crippen molar-refractivity contribution in [2.45, 2.75) is 84.7 Å². The van der Waals surface area contributed by atoms with E-state index in [4.69, 9.17) is 20.2 Å². The number of rotatable bonds is 7. The highest BCUT2D eigenvalue weighted by atomic mass is 32.1. The van der Waals surface area contributed by atoms with Gasteiger partial charge in [0.05, 0.1) is 51.1 Å². The van der Waals surface area contributed by atoms with E-state index in [1.54, 1.807) is 43.9 Å². The molecule has 0 radical (unpaired) electrons. The summed E-state index contributed by atoms with van der Waals surface area (Å²) in [6.45, 7) is 11.3. The fourth-order valence-electron chi connectivity index (χ4n) is 7.64. The molecule has 15 nitrogen and oxygen atoms in total. The van der Waals surface area contributed by atoms with Gasteiger partial charge in [-0.2, -0.15) is 0 Å². The number of benzene rings is 3. The number of aromatic nitrogens is 2. The van der Waals surface area contributed by atoms with Gasteiger partial charge in [-0.3, -0.25) is 19.7 Å². The molecule has 2 saturated heterocycles. The van der Waals surface area contributed by atoms with Crippen LogP contribution in [0.2, 0.25) is 0 Å². The molecule has 316 valence electrons. The maximum Gasteiger partial charge on any atom is 0.410 e. The van der Waals surface area contributed by atoms with E-state index in [-0.39, 0.29) is 17.3 Å². The highest BCUT2D eigenvalue weighted by molar-refractivity contribution is 7.18. The number of thiazole rings is 1. The number of nitrogens with one attached hydrogen (secondary N) is 2. The summed E-state index contributed by atoms with van der Waals surface area (Å²) >= 11 is 1.78. The van der Waals surface area contributed by atoms with E-state index in [0.717, 1.165) is 82.9 Å². The first kappa shape index (κ1) is 42.3. The minimum Gasteiger partial charge on any atom is -0.444 e. The van der Waals surface area contributed by atoms with Gasteiger partial charge in [-0.15, -0.1) is 11.3 Å². The summed E-state index contributed by atoms with van der Waals surface area (Å²) in [7, 11) is 0. The Morgan fingerprint density at radius 3 is 2.45 bits per heavy atom. The molecule has 3 aromatic carbocycles. The first-order chi connectivity index (χ1) is 28.6. The van der Waals surface area contributed by atoms with Crippen LogP contribution >= 0.6 is 11.3 Å². The Labute approximate surface area is 350 Å². The number of fused-ring (bicyclic) bond motifs is 4. The van der Waals surface area contributed by atoms with E-state index in [9.17, 15) is 28.9 Å². The normalized spacial score (nSPS) is 15.9. The van der Waals surface area contributed by atoms with Crippen LogP contribution in [0.5, 0.6) is 0 Å². The van der Waals surface area contributed by atoms with Crippen LogP contribution in [0.4, 0.5) is 32.1 Å². The molecule has 0 saturated carbocycles. The van der Waals surface area contributed by atoms with Gasteiger partial charge < -0.3 is 35.6 Å². The van der Waals surface area contributed by atoms with Crippen LogP contribution in [0.3, 0.4) is 0 Å². The number of nitrogens with two attached hydrogens (primary N) is 1. The largest absolute Gasteiger partial charge is 0.444 e. The fraction of sp³-hybridized carbons (Fsp3) is 0.419. The van der Waals surface area contributed by atoms with Gasteiger partial charge in [0.15, 0.2) is 0 Å². The summed E-state index contributed by atoms with van der Waals surface area (Å²) in [6, 6.07) is 15.3. The van der Waals surface area contributed by atoms with Crippen molar-refractivity contribution in [2.75, 3.05) is 42.1 Å². The first-order valence-electron chi connectivity index (χ1n) is 20.0. The first-order valence-corrected chi connectivity index (χ1v) is 20.8. The van der Waals surface area contributed by atoms with Crippen LogP contribution < -0.4 is 21.3 Å². The van der Waals surface area contributed by atoms with Crippen LogP contribution in [0.25, 0.3) is 21.1 Å². The average molecular weight is 841 g/mol. The van der Waals surface area contributed by atoms with E-state index >= 15 is 0 Å². The molecule has 5 aromatic rings. The Balaban J connectivity index is 0.000000189. The van der Waals surface area contributed by atoms with E-state index in [1.807, 2.05) is 18.2 Å². The Kier molecular flexibility index (Phi) is 12.6. The highest BCUT2D eigenvalue weighted by Crippen LogP contribution is 2.35. The van der Waals surface area contributed by atoms with Crippen LogP contribution in [0, 0.1) is 21.8 Å². The maximum atomic E-state index is 13.8. The second kappa shape index (κ2) is 17.8. The summed E-state index contributed by atoms with van der Waals surface area (Å²) in [5.41, 5.74) is 10.8. The predicted octanol–water partition coefficient (Wildman–Crippen LogP) is 7.80. The minimum atomic E-state index is -0.741. The standard InChI is InChI=1S/C26H27N5O2S.C17H22FN3O5/c1-15(32)31(12-16-2-4-19-20-13-33-14-21(20)25(27)29-22(19)10-16)18-3-5-24-23(11-18)30-26(34-24)17-6-8-28-9-7-17;1-17(2,3)26-16(23)20-8-6-11(7-9-20)15(22)19-14-10-12(21(24)25)4-5-13(14)18/h2-5,10-11,17,28H,6-9,12-14H2,1H3,(H2,27,29);4-5,10-11H,6-9H2,1-3H3,(H,19,22). The zero-order valence-corrected chi connectivity index (χ0v) is 34.9. The number of non-ortho nitro benzene ring substituents is 1. The average Bonchev–Trinajstić information content (AvgIpc) is 3.89. The van der Waals surface area contributed by atoms with Gasteiger partial charge in [-0.05, 0) is 101 Å². The topological polar surface area (TPSA) is 195 Å². The fourth-order valence-corrected chi connectivity index (χ4v) is 8.76. The number of hydrogen-bond acceptors (Lipinski definition) is 12. The van der Waals surface area contributed by atoms with Crippen LogP contribution in [0.1, 0.15) is 81.0 Å². The number of anilines is 3. The third-order valence-corrected chi connectivity index (χ3v) is 12.0. The molecule has 0 spiro atoms. The lowest BCUT2D eigenvalue weighted by Crippen LogP contribution is -2.43. The van der Waals surface area contributed by atoms with Crippen LogP contribution in [0.15, 0.2) is 54.6 Å². The Morgan fingerprint density at radius 1 is 1.02 bits per heavy atom. The van der Waals surface area contributed by atoms with E-state index in [2.05, 4.69) is 33.8 Å². The molecule has 0 unspecified atom stereocenters. The van der Waals surface area contributed by atoms with Gasteiger partial charge in [0, 0.05) is 60.6 Å². The lowest BCUT2D eigenvalue weighted by molar-refractivity contribution is -0.384. The Hall–Kier alpha value is -5.78. The SMILES string of the molecule is CC(=O)N(Cc1ccc2c3c(c(N)nc2c1)COC3)c1ccc2sc(C3CCNCC3)nc2c1.CC(C)(C)OC(=O)N1CCC(C(=O)Nc2cc([N+](=O)[O-])ccc2F)CC1. The molecule has 0 aliphatic carbocycles. The molecule has 3 aliphatic rings. The number of ether oxygens (including phenoxy) is 2. The number of halogens is 1. The number of carbonyl (C=O) groups is 3. The molecule has 17 heteroatoms. The van der Waals surface area contributed by atoms with Gasteiger partial charge in [0.2, 0.25) is 11.8 Å². The van der Waals surface area contributed by atoms with Crippen molar-refractivity contribution in [3.8, 4) is 0 Å². The van der Waals surface area contributed by atoms with Gasteiger partial charge in [0.25, 0.3) is 5.69 Å². The molecule has 5 heterocycles. The molecule has 4 N–H and O–H groups in total. The number of carbonyl (C=O) groups excluding carboxylic acids is 3. The van der Waals surface area contributed by atoms with Crippen LogP contribution in [-0.2, 0) is 38.8 Å². The molecular weight excluding hydrogens is 792 g/mol. The third-order valence-electron chi connectivity index (χ3n) is 10.8. The number of nitrogen functional groups attached to an aromatic ring is 1. The summed E-state index contributed by atoms with van der Waals surface area (Å²) in [6.07, 6.45) is 2.63. The lowest BCUT2D eigenvalue weighted by atomic mass is 9.96. The second-order valence-electron chi connectivity index (χ2n) is 16.3. The summed E-state index contributed by atoms with van der Waals surface area (Å²) in [5.74, 6) is -0.534. The molecule has 60 heavy (non-hydrogen) atoms. The van der Waals surface area contributed by atoms with Gasteiger partial charge in [-0.25, -0.2) is 19.2 Å². The van der Waals surface area contributed by atoms with Gasteiger partial charge in [-0.1, -0.05) is 12.1 Å². The summed E-state index contributed by atoms with van der Waals surface area (Å²) in [5, 5.41) is 18.9. The number of nitro groups is 1. The molecule has 8 rings (SSSR count). The van der Waals surface area contributed by atoms with Crippen molar-refractivity contribution in [3.05, 3.63) is 92.2 Å². The number of amides is 3. The monoisotopic (exact) mass is 840 g/mol. The molecule has 2 aromatic heterocycles. The molecular formula is C43H49FN8O7S. The van der Waals surface area contributed by atoms with Gasteiger partial charge in [0.1, 0.15) is 17.2 Å². The number of hydrogen-bond donors (Lipinski definition) is 3. The minimum absolute atomic E-state index is 0.0110. The van der Waals surface area contributed by atoms with Crippen molar-refractivity contribution < 1.29 is 33.2 Å².